The maximum atomic E-state index is 13.2. The van der Waals surface area contributed by atoms with Crippen LogP contribution in [0.25, 0.3) is 10.2 Å². The van der Waals surface area contributed by atoms with Crippen LogP contribution in [0, 0.1) is 11.3 Å². The van der Waals surface area contributed by atoms with E-state index >= 15 is 0 Å². The molecule has 2 atom stereocenters. The van der Waals surface area contributed by atoms with Gasteiger partial charge in [0.15, 0.2) is 0 Å². The molecule has 2 aliphatic rings. The van der Waals surface area contributed by atoms with Crippen LogP contribution in [0.5, 0.6) is 0 Å². The highest BCUT2D eigenvalue weighted by molar-refractivity contribution is 7.16. The fourth-order valence-corrected chi connectivity index (χ4v) is 5.25. The van der Waals surface area contributed by atoms with E-state index in [4.69, 9.17) is 0 Å². The van der Waals surface area contributed by atoms with E-state index in [2.05, 4.69) is 23.2 Å². The molecule has 2 bridgehead atoms. The Morgan fingerprint density at radius 3 is 3.08 bits per heavy atom. The summed E-state index contributed by atoms with van der Waals surface area (Å²) in [5, 5.41) is 9.92. The summed E-state index contributed by atoms with van der Waals surface area (Å²) in [7, 11) is 0. The lowest BCUT2D eigenvalue weighted by atomic mass is 9.64. The third kappa shape index (κ3) is 2.19. The topological polar surface area (TPSA) is 57.0 Å². The van der Waals surface area contributed by atoms with Crippen molar-refractivity contribution in [2.45, 2.75) is 30.7 Å². The molecule has 128 valence electrons. The fraction of sp³-hybridized carbons (Fsp3) is 0.286. The zero-order chi connectivity index (χ0) is 17.7. The number of nitriles is 1. The lowest BCUT2D eigenvalue weighted by Gasteiger charge is -2.48. The monoisotopic (exact) mass is 359 g/mol. The molecule has 2 unspecified atom stereocenters. The van der Waals surface area contributed by atoms with Crippen molar-refractivity contribution < 1.29 is 4.79 Å². The second kappa shape index (κ2) is 5.65. The van der Waals surface area contributed by atoms with Crippen molar-refractivity contribution in [1.29, 1.82) is 5.26 Å². The van der Waals surface area contributed by atoms with Crippen LogP contribution in [-0.2, 0) is 11.8 Å². The molecule has 0 N–H and O–H groups in total. The van der Waals surface area contributed by atoms with Gasteiger partial charge in [0.1, 0.15) is 0 Å². The van der Waals surface area contributed by atoms with Crippen LogP contribution < -0.4 is 0 Å². The van der Waals surface area contributed by atoms with Crippen molar-refractivity contribution in [3.05, 3.63) is 64.7 Å². The average molecular weight is 359 g/mol. The third-order valence-corrected chi connectivity index (χ3v) is 6.64. The summed E-state index contributed by atoms with van der Waals surface area (Å²) >= 11 is 1.55. The maximum absolute atomic E-state index is 13.2. The van der Waals surface area contributed by atoms with E-state index < -0.39 is 5.41 Å². The van der Waals surface area contributed by atoms with Gasteiger partial charge in [0.05, 0.1) is 27.2 Å². The van der Waals surface area contributed by atoms with Crippen LogP contribution in [-0.4, -0.2) is 28.4 Å². The summed E-state index contributed by atoms with van der Waals surface area (Å²) in [6.07, 6.45) is 2.26. The molecular formula is C21H17N3OS. The van der Waals surface area contributed by atoms with Gasteiger partial charge >= 0.3 is 0 Å². The van der Waals surface area contributed by atoms with Crippen molar-refractivity contribution in [2.24, 2.45) is 0 Å². The van der Waals surface area contributed by atoms with E-state index in [0.29, 0.717) is 18.5 Å². The summed E-state index contributed by atoms with van der Waals surface area (Å²) in [4.78, 5) is 19.5. The van der Waals surface area contributed by atoms with Gasteiger partial charge in [-0.15, -0.1) is 11.3 Å². The Hall–Kier alpha value is -2.71. The summed E-state index contributed by atoms with van der Waals surface area (Å²) < 4.78 is 1.04. The predicted octanol–water partition coefficient (Wildman–Crippen LogP) is 3.92. The first kappa shape index (κ1) is 15.5. The fourth-order valence-electron chi connectivity index (χ4n) is 4.54. The number of hydrogen-bond acceptors (Lipinski definition) is 4. The van der Waals surface area contributed by atoms with Crippen LogP contribution in [0.15, 0.2) is 48.0 Å². The zero-order valence-corrected chi connectivity index (χ0v) is 15.0. The molecule has 1 amide bonds. The second-order valence-electron chi connectivity index (χ2n) is 7.20. The molecule has 0 radical (unpaired) electrons. The number of carbonyl (C=O) groups excluding carboxylic acids is 1. The summed E-state index contributed by atoms with van der Waals surface area (Å²) in [5.74, 6) is 0.0659. The highest BCUT2D eigenvalue weighted by Crippen LogP contribution is 2.44. The van der Waals surface area contributed by atoms with Crippen LogP contribution in [0.3, 0.4) is 0 Å². The minimum atomic E-state index is -0.447. The van der Waals surface area contributed by atoms with Crippen LogP contribution in [0.1, 0.15) is 34.3 Å². The minimum Gasteiger partial charge on any atom is -0.335 e. The molecule has 2 aromatic carbocycles. The average Bonchev–Trinajstić information content (AvgIpc) is 3.15. The molecule has 26 heavy (non-hydrogen) atoms. The number of hydrogen-bond donors (Lipinski definition) is 0. The summed E-state index contributed by atoms with van der Waals surface area (Å²) in [5.41, 5.74) is 5.37. The Balaban J connectivity index is 1.51. The summed E-state index contributed by atoms with van der Waals surface area (Å²) in [6.45, 7) is 0.631. The molecule has 0 spiro atoms. The molecule has 1 fully saturated rings. The Kier molecular flexibility index (Phi) is 3.38. The zero-order valence-electron chi connectivity index (χ0n) is 14.2. The highest BCUT2D eigenvalue weighted by Gasteiger charge is 2.47. The van der Waals surface area contributed by atoms with Crippen LogP contribution >= 0.6 is 11.3 Å². The first-order chi connectivity index (χ1) is 12.7. The largest absolute Gasteiger partial charge is 0.335 e. The molecule has 5 rings (SSSR count). The number of benzene rings is 2. The van der Waals surface area contributed by atoms with Gasteiger partial charge in [-0.3, -0.25) is 4.79 Å². The molecule has 1 aliphatic heterocycles. The number of aromatic nitrogens is 1. The number of carbonyl (C=O) groups is 1. The van der Waals surface area contributed by atoms with Gasteiger partial charge in [-0.1, -0.05) is 24.3 Å². The van der Waals surface area contributed by atoms with Crippen molar-refractivity contribution in [3.63, 3.8) is 0 Å². The smallest absolute Gasteiger partial charge is 0.254 e. The van der Waals surface area contributed by atoms with Gasteiger partial charge in [-0.05, 0) is 48.6 Å². The van der Waals surface area contributed by atoms with E-state index in [0.717, 1.165) is 28.6 Å². The van der Waals surface area contributed by atoms with E-state index in [-0.39, 0.29) is 11.9 Å². The number of nitrogens with zero attached hydrogens (tertiary/aromatic N) is 3. The Labute approximate surface area is 155 Å². The minimum absolute atomic E-state index is 0.0659. The molecule has 2 heterocycles. The molecular weight excluding hydrogens is 342 g/mol. The maximum Gasteiger partial charge on any atom is 0.254 e. The molecule has 1 aliphatic carbocycles. The second-order valence-corrected chi connectivity index (χ2v) is 8.08. The first-order valence-corrected chi connectivity index (χ1v) is 9.72. The van der Waals surface area contributed by atoms with Gasteiger partial charge in [0.2, 0.25) is 0 Å². The lowest BCUT2D eigenvalue weighted by molar-refractivity contribution is 0.0526. The van der Waals surface area contributed by atoms with Crippen molar-refractivity contribution >= 4 is 27.5 Å². The third-order valence-electron chi connectivity index (χ3n) is 5.85. The van der Waals surface area contributed by atoms with Crippen LogP contribution in [0.4, 0.5) is 0 Å². The molecule has 5 heteroatoms. The van der Waals surface area contributed by atoms with E-state index in [9.17, 15) is 10.1 Å². The number of fused-ring (bicyclic) bond motifs is 5. The number of thiazole rings is 1. The first-order valence-electron chi connectivity index (χ1n) is 8.84. The quantitative estimate of drug-likeness (QED) is 0.662. The SMILES string of the molecule is N#CC12CCN(C(=O)c3ccc4ncsc4c3)C(Cc3ccccc31)C2. The highest BCUT2D eigenvalue weighted by atomic mass is 32.1. The molecule has 3 aromatic rings. The molecule has 1 aromatic heterocycles. The Morgan fingerprint density at radius 1 is 1.31 bits per heavy atom. The van der Waals surface area contributed by atoms with Crippen LogP contribution in [0.2, 0.25) is 0 Å². The predicted molar refractivity (Wildman–Crippen MR) is 101 cm³/mol. The Bertz CT molecular complexity index is 1070. The lowest BCUT2D eigenvalue weighted by Crippen LogP contribution is -2.54. The van der Waals surface area contributed by atoms with Crippen molar-refractivity contribution in [3.8, 4) is 6.07 Å². The molecule has 4 nitrogen and oxygen atoms in total. The van der Waals surface area contributed by atoms with Gasteiger partial charge in [0.25, 0.3) is 5.91 Å². The Morgan fingerprint density at radius 2 is 2.19 bits per heavy atom. The van der Waals surface area contributed by atoms with E-state index in [1.54, 1.807) is 16.8 Å². The molecule has 0 saturated carbocycles. The van der Waals surface area contributed by atoms with Crippen molar-refractivity contribution in [2.75, 3.05) is 6.54 Å². The summed E-state index contributed by atoms with van der Waals surface area (Å²) in [6, 6.07) is 16.6. The number of amides is 1. The number of likely N-dealkylation sites (tertiary alicyclic amines) is 1. The molecule has 1 saturated heterocycles. The van der Waals surface area contributed by atoms with E-state index in [1.165, 1.54) is 5.56 Å². The van der Waals surface area contributed by atoms with Crippen molar-refractivity contribution in [1.82, 2.24) is 9.88 Å². The number of piperidine rings is 1. The van der Waals surface area contributed by atoms with Gasteiger partial charge in [-0.25, -0.2) is 4.98 Å². The van der Waals surface area contributed by atoms with Gasteiger partial charge in [-0.2, -0.15) is 5.26 Å². The normalized spacial score (nSPS) is 24.1. The number of rotatable bonds is 1. The standard InChI is InChI=1S/C21H17N3OS/c22-12-21-7-8-24(16(11-21)9-14-3-1-2-4-17(14)21)20(25)15-5-6-18-19(10-15)26-13-23-18/h1-6,10,13,16H,7-9,11H2. The van der Waals surface area contributed by atoms with Gasteiger partial charge < -0.3 is 4.90 Å². The van der Waals surface area contributed by atoms with E-state index in [1.807, 2.05) is 35.2 Å². The van der Waals surface area contributed by atoms with Gasteiger partial charge in [0, 0.05) is 18.2 Å².